The van der Waals surface area contributed by atoms with E-state index in [1.54, 1.807) is 11.9 Å². The molecule has 0 spiro atoms. The monoisotopic (exact) mass is 424 g/mol. The van der Waals surface area contributed by atoms with Crippen molar-refractivity contribution in [2.45, 2.75) is 52.4 Å². The first-order valence-corrected chi connectivity index (χ1v) is 10.8. The van der Waals surface area contributed by atoms with E-state index in [4.69, 9.17) is 4.74 Å². The van der Waals surface area contributed by atoms with Crippen molar-refractivity contribution < 1.29 is 19.1 Å². The zero-order chi connectivity index (χ0) is 21.9. The van der Waals surface area contributed by atoms with Crippen LogP contribution in [0.3, 0.4) is 0 Å². The molecule has 30 heavy (non-hydrogen) atoms. The van der Waals surface area contributed by atoms with Gasteiger partial charge in [-0.2, -0.15) is 0 Å². The summed E-state index contributed by atoms with van der Waals surface area (Å²) in [5.74, 6) is 0.379. The third kappa shape index (κ3) is 7.40. The lowest BCUT2D eigenvalue weighted by Crippen LogP contribution is -2.50. The van der Waals surface area contributed by atoms with Crippen LogP contribution in [0.15, 0.2) is 11.4 Å². The minimum absolute atomic E-state index is 0.0560. The van der Waals surface area contributed by atoms with Crippen LogP contribution in [0.2, 0.25) is 0 Å². The molecule has 10 heteroatoms. The minimum atomic E-state index is -0.344. The van der Waals surface area contributed by atoms with Crippen molar-refractivity contribution in [1.29, 1.82) is 0 Å². The molecule has 2 aliphatic heterocycles. The summed E-state index contributed by atoms with van der Waals surface area (Å²) in [5.41, 5.74) is 6.92. The molecular formula is C20H36N6O4. The third-order valence-electron chi connectivity index (χ3n) is 5.15. The number of hydrogen-bond donors (Lipinski definition) is 4. The van der Waals surface area contributed by atoms with Crippen molar-refractivity contribution >= 4 is 17.9 Å². The lowest BCUT2D eigenvalue weighted by molar-refractivity contribution is -0.121. The quantitative estimate of drug-likeness (QED) is 0.363. The molecule has 0 aromatic rings. The van der Waals surface area contributed by atoms with E-state index in [-0.39, 0.29) is 17.9 Å². The summed E-state index contributed by atoms with van der Waals surface area (Å²) in [4.78, 5) is 37.7. The fraction of sp³-hybridized carbons (Fsp3) is 0.750. The average molecular weight is 425 g/mol. The zero-order valence-electron chi connectivity index (χ0n) is 18.4. The Balaban J connectivity index is 1.76. The molecule has 0 atom stereocenters. The number of hydrogen-bond acceptors (Lipinski definition) is 7. The van der Waals surface area contributed by atoms with E-state index < -0.39 is 0 Å². The molecule has 0 unspecified atom stereocenters. The maximum atomic E-state index is 12.5. The van der Waals surface area contributed by atoms with Gasteiger partial charge in [-0.15, -0.1) is 5.53 Å². The Labute approximate surface area is 178 Å². The number of hydrazine groups is 2. The summed E-state index contributed by atoms with van der Waals surface area (Å²) in [6.45, 7) is 6.61. The molecule has 1 saturated heterocycles. The Bertz CT molecular complexity index is 637. The van der Waals surface area contributed by atoms with Gasteiger partial charge in [0.2, 0.25) is 5.91 Å². The molecule has 10 nitrogen and oxygen atoms in total. The van der Waals surface area contributed by atoms with Crippen molar-refractivity contribution in [3.05, 3.63) is 11.4 Å². The van der Waals surface area contributed by atoms with Gasteiger partial charge < -0.3 is 20.3 Å². The fourth-order valence-corrected chi connectivity index (χ4v) is 3.32. The summed E-state index contributed by atoms with van der Waals surface area (Å²) >= 11 is 0. The lowest BCUT2D eigenvalue weighted by atomic mass is 10.1. The number of carbonyl (C=O) groups is 3. The van der Waals surface area contributed by atoms with E-state index in [1.165, 1.54) is 6.42 Å². The molecule has 2 rings (SSSR count). The van der Waals surface area contributed by atoms with Gasteiger partial charge in [0, 0.05) is 26.6 Å². The molecule has 3 amide bonds. The second kappa shape index (κ2) is 12.3. The predicted molar refractivity (Wildman–Crippen MR) is 113 cm³/mol. The number of nitrogens with one attached hydrogen (secondary N) is 4. The Morgan fingerprint density at radius 3 is 2.67 bits per heavy atom. The van der Waals surface area contributed by atoms with Gasteiger partial charge in [-0.25, -0.2) is 4.79 Å². The summed E-state index contributed by atoms with van der Waals surface area (Å²) in [6, 6.07) is 0. The van der Waals surface area contributed by atoms with Gasteiger partial charge in [0.05, 0.1) is 25.4 Å². The van der Waals surface area contributed by atoms with E-state index in [1.807, 2.05) is 5.01 Å². The average Bonchev–Trinajstić information content (AvgIpc) is 3.16. The van der Waals surface area contributed by atoms with Gasteiger partial charge in [-0.05, 0) is 18.8 Å². The molecular weight excluding hydrogens is 388 g/mol. The number of carbonyl (C=O) groups excluding carboxylic acids is 3. The number of nitrogens with zero attached hydrogens (tertiary/aromatic N) is 2. The van der Waals surface area contributed by atoms with Crippen molar-refractivity contribution in [2.24, 2.45) is 5.92 Å². The molecule has 2 heterocycles. The number of unbranched alkanes of at least 4 members (excludes halogenated alkanes) is 2. The standard InChI is InChI=1S/C20H36N6O4/c1-15(2)8-5-4-6-13-30-20(29)25-11-12-26-16(14-25)18(23-24-26)19(28)22-10-7-9-17(27)21-3/h15,23-24H,4-14H2,1-3H3,(H,21,27)(H,22,28). The summed E-state index contributed by atoms with van der Waals surface area (Å²) < 4.78 is 5.41. The van der Waals surface area contributed by atoms with Crippen molar-refractivity contribution in [2.75, 3.05) is 39.8 Å². The maximum absolute atomic E-state index is 12.5. The Hall–Kier alpha value is -2.49. The molecule has 0 saturated carbocycles. The van der Waals surface area contributed by atoms with Crippen LogP contribution in [0.5, 0.6) is 0 Å². The van der Waals surface area contributed by atoms with E-state index in [2.05, 4.69) is 35.4 Å². The highest BCUT2D eigenvalue weighted by Crippen LogP contribution is 2.19. The highest BCUT2D eigenvalue weighted by Gasteiger charge is 2.33. The molecule has 0 aromatic carbocycles. The molecule has 1 fully saturated rings. The first kappa shape index (κ1) is 23.8. The van der Waals surface area contributed by atoms with Crippen molar-refractivity contribution in [1.82, 2.24) is 31.5 Å². The molecule has 0 radical (unpaired) electrons. The highest BCUT2D eigenvalue weighted by molar-refractivity contribution is 5.94. The van der Waals surface area contributed by atoms with E-state index in [0.717, 1.165) is 19.3 Å². The van der Waals surface area contributed by atoms with E-state index in [0.29, 0.717) is 62.9 Å². The first-order chi connectivity index (χ1) is 14.4. The molecule has 0 bridgehead atoms. The van der Waals surface area contributed by atoms with Crippen LogP contribution in [0, 0.1) is 5.92 Å². The SMILES string of the molecule is CNC(=O)CCCNC(=O)C1=C2CN(C(=O)OCCCCCC(C)C)CCN2NN1. The summed E-state index contributed by atoms with van der Waals surface area (Å²) in [7, 11) is 1.59. The minimum Gasteiger partial charge on any atom is -0.449 e. The van der Waals surface area contributed by atoms with E-state index >= 15 is 0 Å². The summed E-state index contributed by atoms with van der Waals surface area (Å²) in [6.07, 6.45) is 4.85. The number of piperazine rings is 1. The number of rotatable bonds is 11. The maximum Gasteiger partial charge on any atom is 0.410 e. The Morgan fingerprint density at radius 1 is 1.13 bits per heavy atom. The topological polar surface area (TPSA) is 115 Å². The zero-order valence-corrected chi connectivity index (χ0v) is 18.4. The molecule has 0 aromatic heterocycles. The fourth-order valence-electron chi connectivity index (χ4n) is 3.32. The number of amides is 3. The second-order valence-electron chi connectivity index (χ2n) is 8.02. The van der Waals surface area contributed by atoms with Crippen LogP contribution in [-0.2, 0) is 14.3 Å². The molecule has 4 N–H and O–H groups in total. The first-order valence-electron chi connectivity index (χ1n) is 10.8. The van der Waals surface area contributed by atoms with Gasteiger partial charge in [-0.3, -0.25) is 20.0 Å². The third-order valence-corrected chi connectivity index (χ3v) is 5.15. The predicted octanol–water partition coefficient (Wildman–Crippen LogP) is 0.834. The normalized spacial score (nSPS) is 15.7. The smallest absolute Gasteiger partial charge is 0.410 e. The lowest BCUT2D eigenvalue weighted by Gasteiger charge is -2.33. The largest absolute Gasteiger partial charge is 0.449 e. The van der Waals surface area contributed by atoms with Gasteiger partial charge >= 0.3 is 6.09 Å². The molecule has 0 aliphatic carbocycles. The summed E-state index contributed by atoms with van der Waals surface area (Å²) in [5, 5.41) is 7.18. The van der Waals surface area contributed by atoms with E-state index in [9.17, 15) is 14.4 Å². The van der Waals surface area contributed by atoms with Gasteiger partial charge in [0.1, 0.15) is 5.70 Å². The van der Waals surface area contributed by atoms with Crippen LogP contribution in [-0.4, -0.2) is 67.7 Å². The van der Waals surface area contributed by atoms with Crippen LogP contribution < -0.4 is 21.6 Å². The number of fused-ring (bicyclic) bond motifs is 1. The second-order valence-corrected chi connectivity index (χ2v) is 8.02. The van der Waals surface area contributed by atoms with Crippen LogP contribution >= 0.6 is 0 Å². The molecule has 2 aliphatic rings. The highest BCUT2D eigenvalue weighted by atomic mass is 16.6. The van der Waals surface area contributed by atoms with Crippen molar-refractivity contribution in [3.63, 3.8) is 0 Å². The van der Waals surface area contributed by atoms with Gasteiger partial charge in [0.25, 0.3) is 5.91 Å². The van der Waals surface area contributed by atoms with Crippen LogP contribution in [0.4, 0.5) is 4.79 Å². The van der Waals surface area contributed by atoms with Crippen LogP contribution in [0.25, 0.3) is 0 Å². The number of ether oxygens (including phenoxy) is 1. The Kier molecular flexibility index (Phi) is 9.72. The molecule has 170 valence electrons. The van der Waals surface area contributed by atoms with Gasteiger partial charge in [-0.1, -0.05) is 33.1 Å². The van der Waals surface area contributed by atoms with Crippen molar-refractivity contribution in [3.8, 4) is 0 Å². The van der Waals surface area contributed by atoms with Gasteiger partial charge in [0.15, 0.2) is 0 Å². The van der Waals surface area contributed by atoms with Crippen LogP contribution in [0.1, 0.15) is 52.4 Å². The Morgan fingerprint density at radius 2 is 1.93 bits per heavy atom.